The highest BCUT2D eigenvalue weighted by Crippen LogP contribution is 2.33. The Hall–Kier alpha value is -1.50. The van der Waals surface area contributed by atoms with Crippen LogP contribution in [0.25, 0.3) is 6.08 Å². The van der Waals surface area contributed by atoms with E-state index < -0.39 is 12.0 Å². The summed E-state index contributed by atoms with van der Waals surface area (Å²) in [5.74, 6) is 0.117. The van der Waals surface area contributed by atoms with E-state index >= 15 is 0 Å². The van der Waals surface area contributed by atoms with Gasteiger partial charge in [-0.2, -0.15) is 0 Å². The molecule has 0 radical (unpaired) electrons. The zero-order chi connectivity index (χ0) is 20.7. The van der Waals surface area contributed by atoms with E-state index in [1.165, 1.54) is 22.7 Å². The van der Waals surface area contributed by atoms with Gasteiger partial charge in [-0.3, -0.25) is 9.36 Å². The van der Waals surface area contributed by atoms with E-state index in [1.807, 2.05) is 23.6 Å². The van der Waals surface area contributed by atoms with Gasteiger partial charge < -0.3 is 9.15 Å². The molecular weight excluding hydrogens is 591 g/mol. The van der Waals surface area contributed by atoms with Gasteiger partial charge in [0.2, 0.25) is 0 Å². The van der Waals surface area contributed by atoms with E-state index in [9.17, 15) is 9.59 Å². The third-order valence-electron chi connectivity index (χ3n) is 4.27. The number of fused-ring (bicyclic) bond motifs is 1. The van der Waals surface area contributed by atoms with Gasteiger partial charge in [0.25, 0.3) is 5.56 Å². The van der Waals surface area contributed by atoms with Crippen molar-refractivity contribution < 1.29 is 13.9 Å². The summed E-state index contributed by atoms with van der Waals surface area (Å²) in [7, 11) is 0. The second-order valence-corrected chi connectivity index (χ2v) is 9.91. The fraction of sp³-hybridized carbons (Fsp3) is 0.211. The first-order chi connectivity index (χ1) is 13.9. The van der Waals surface area contributed by atoms with Crippen LogP contribution in [0.5, 0.6) is 0 Å². The third-order valence-corrected chi connectivity index (χ3v) is 8.31. The Morgan fingerprint density at radius 2 is 2.31 bits per heavy atom. The van der Waals surface area contributed by atoms with Gasteiger partial charge in [-0.1, -0.05) is 17.4 Å². The van der Waals surface area contributed by atoms with Crippen LogP contribution in [0.1, 0.15) is 30.5 Å². The number of rotatable bonds is 4. The molecule has 0 aromatic carbocycles. The van der Waals surface area contributed by atoms with Gasteiger partial charge in [0.05, 0.1) is 26.9 Å². The van der Waals surface area contributed by atoms with Crippen molar-refractivity contribution in [2.75, 3.05) is 6.61 Å². The molecule has 10 heteroatoms. The van der Waals surface area contributed by atoms with E-state index in [4.69, 9.17) is 9.15 Å². The maximum absolute atomic E-state index is 13.3. The average molecular weight is 605 g/mol. The Bertz CT molecular complexity index is 1280. The number of halogens is 2. The number of furan rings is 1. The highest BCUT2D eigenvalue weighted by molar-refractivity contribution is 14.1. The molecule has 0 aliphatic carbocycles. The number of carbonyl (C=O) groups is 1. The van der Waals surface area contributed by atoms with Crippen LogP contribution < -0.4 is 14.9 Å². The molecule has 6 nitrogen and oxygen atoms in total. The van der Waals surface area contributed by atoms with Crippen LogP contribution in [-0.2, 0) is 9.53 Å². The fourth-order valence-electron chi connectivity index (χ4n) is 3.07. The molecule has 0 amide bonds. The quantitative estimate of drug-likeness (QED) is 0.335. The molecule has 1 aliphatic rings. The molecule has 1 aliphatic heterocycles. The van der Waals surface area contributed by atoms with E-state index in [-0.39, 0.29) is 12.2 Å². The molecule has 0 N–H and O–H groups in total. The maximum Gasteiger partial charge on any atom is 0.338 e. The van der Waals surface area contributed by atoms with Gasteiger partial charge in [-0.05, 0) is 47.3 Å². The van der Waals surface area contributed by atoms with Crippen molar-refractivity contribution in [3.05, 3.63) is 73.4 Å². The van der Waals surface area contributed by atoms with Crippen LogP contribution in [-0.4, -0.2) is 17.1 Å². The summed E-state index contributed by atoms with van der Waals surface area (Å²) in [5.41, 5.74) is 0.734. The first kappa shape index (κ1) is 20.8. The molecule has 0 spiro atoms. The standard InChI is InChI=1S/C19H14BrIN2O4S2/c1-3-26-18(25)14-9(2)22-19-23(15(14)12-5-4-6-28-12)17(24)13(29-19)8-10-7-11(20)16(21)27-10/h4-8,15H,3H2,1-2H3/b13-8+/t15-/m0/s1. The summed E-state index contributed by atoms with van der Waals surface area (Å²) in [6.45, 7) is 3.78. The van der Waals surface area contributed by atoms with Crippen molar-refractivity contribution >= 4 is 73.2 Å². The predicted molar refractivity (Wildman–Crippen MR) is 124 cm³/mol. The van der Waals surface area contributed by atoms with E-state index in [0.29, 0.717) is 30.1 Å². The van der Waals surface area contributed by atoms with E-state index in [0.717, 1.165) is 9.35 Å². The van der Waals surface area contributed by atoms with Gasteiger partial charge in [-0.15, -0.1) is 11.3 Å². The molecule has 0 fully saturated rings. The number of ether oxygens (including phenoxy) is 1. The van der Waals surface area contributed by atoms with Crippen molar-refractivity contribution in [1.82, 2.24) is 4.57 Å². The van der Waals surface area contributed by atoms with Gasteiger partial charge in [-0.25, -0.2) is 9.79 Å². The average Bonchev–Trinajstić information content (AvgIpc) is 3.36. The van der Waals surface area contributed by atoms with Crippen molar-refractivity contribution in [3.8, 4) is 0 Å². The Morgan fingerprint density at radius 3 is 2.93 bits per heavy atom. The van der Waals surface area contributed by atoms with Gasteiger partial charge in [0.1, 0.15) is 11.8 Å². The molecule has 150 valence electrons. The van der Waals surface area contributed by atoms with Crippen LogP contribution in [0.3, 0.4) is 0 Å². The summed E-state index contributed by atoms with van der Waals surface area (Å²) in [4.78, 5) is 32.0. The molecule has 1 atom stereocenters. The van der Waals surface area contributed by atoms with Crippen molar-refractivity contribution in [1.29, 1.82) is 0 Å². The first-order valence-electron chi connectivity index (χ1n) is 8.58. The van der Waals surface area contributed by atoms with E-state index in [2.05, 4.69) is 43.5 Å². The minimum atomic E-state index is -0.559. The zero-order valence-electron chi connectivity index (χ0n) is 15.3. The number of nitrogens with zero attached hydrogens (tertiary/aromatic N) is 2. The molecule has 3 aromatic heterocycles. The van der Waals surface area contributed by atoms with Crippen molar-refractivity contribution in [2.24, 2.45) is 4.99 Å². The number of hydrogen-bond donors (Lipinski definition) is 0. The minimum absolute atomic E-state index is 0.219. The van der Waals surface area contributed by atoms with Crippen molar-refractivity contribution in [2.45, 2.75) is 19.9 Å². The monoisotopic (exact) mass is 604 g/mol. The molecule has 4 rings (SSSR count). The fourth-order valence-corrected chi connectivity index (χ4v) is 5.64. The lowest BCUT2D eigenvalue weighted by Crippen LogP contribution is -2.39. The van der Waals surface area contributed by atoms with Gasteiger partial charge >= 0.3 is 5.97 Å². The lowest BCUT2D eigenvalue weighted by Gasteiger charge is -2.23. The Morgan fingerprint density at radius 1 is 1.52 bits per heavy atom. The topological polar surface area (TPSA) is 73.8 Å². The molecular formula is C19H14BrIN2O4S2. The number of esters is 1. The smallest absolute Gasteiger partial charge is 0.338 e. The molecule has 0 bridgehead atoms. The number of allylic oxidation sites excluding steroid dienone is 1. The minimum Gasteiger partial charge on any atom is -0.463 e. The summed E-state index contributed by atoms with van der Waals surface area (Å²) < 4.78 is 14.5. The summed E-state index contributed by atoms with van der Waals surface area (Å²) >= 11 is 8.25. The lowest BCUT2D eigenvalue weighted by atomic mass is 10.0. The molecule has 0 saturated heterocycles. The van der Waals surface area contributed by atoms with Gasteiger partial charge in [0, 0.05) is 33.5 Å². The molecule has 0 unspecified atom stereocenters. The molecule has 4 heterocycles. The van der Waals surface area contributed by atoms with E-state index in [1.54, 1.807) is 24.5 Å². The summed E-state index contributed by atoms with van der Waals surface area (Å²) in [5, 5.41) is 1.92. The highest BCUT2D eigenvalue weighted by Gasteiger charge is 2.33. The third kappa shape index (κ3) is 3.82. The van der Waals surface area contributed by atoms with Crippen LogP contribution >= 0.6 is 61.2 Å². The van der Waals surface area contributed by atoms with Gasteiger partial charge in [0.15, 0.2) is 8.57 Å². The number of carbonyl (C=O) groups excluding carboxylic acids is 1. The first-order valence-corrected chi connectivity index (χ1v) is 12.2. The second kappa shape index (κ2) is 8.32. The SMILES string of the molecule is CCOC(=O)C1=C(C)N=c2s/c(=C/c3cc(Br)c(I)o3)c(=O)n2[C@H]1c1cccs1. The molecule has 0 saturated carbocycles. The predicted octanol–water partition coefficient (Wildman–Crippen LogP) is 3.82. The Balaban J connectivity index is 1.94. The summed E-state index contributed by atoms with van der Waals surface area (Å²) in [6.07, 6.45) is 1.70. The second-order valence-electron chi connectivity index (χ2n) is 6.09. The van der Waals surface area contributed by atoms with Crippen LogP contribution in [0.15, 0.2) is 53.5 Å². The lowest BCUT2D eigenvalue weighted by molar-refractivity contribution is -0.139. The Kier molecular flexibility index (Phi) is 5.96. The molecule has 29 heavy (non-hydrogen) atoms. The number of thiophene rings is 1. The van der Waals surface area contributed by atoms with Crippen LogP contribution in [0, 0.1) is 3.77 Å². The highest BCUT2D eigenvalue weighted by atomic mass is 127. The maximum atomic E-state index is 13.3. The number of aromatic nitrogens is 1. The van der Waals surface area contributed by atoms with Crippen molar-refractivity contribution in [3.63, 3.8) is 0 Å². The molecule has 3 aromatic rings. The zero-order valence-corrected chi connectivity index (χ0v) is 20.6. The Labute approximate surface area is 195 Å². The normalized spacial score (nSPS) is 16.7. The number of hydrogen-bond acceptors (Lipinski definition) is 7. The summed E-state index contributed by atoms with van der Waals surface area (Å²) in [6, 6.07) is 5.06. The number of thiazole rings is 1. The van der Waals surface area contributed by atoms with Crippen LogP contribution in [0.2, 0.25) is 0 Å². The van der Waals surface area contributed by atoms with Crippen LogP contribution in [0.4, 0.5) is 0 Å². The largest absolute Gasteiger partial charge is 0.463 e.